The SMILES string of the molecule is COc1ccc(C(O)CN2CCC(N3Cc4ccccc4N=C3NC#N)CC2)cc1OC. The summed E-state index contributed by atoms with van der Waals surface area (Å²) in [4.78, 5) is 9.15. The van der Waals surface area contributed by atoms with E-state index in [-0.39, 0.29) is 6.04 Å². The summed E-state index contributed by atoms with van der Waals surface area (Å²) in [6.45, 7) is 3.03. The lowest BCUT2D eigenvalue weighted by Gasteiger charge is -2.41. The molecule has 168 valence electrons. The maximum atomic E-state index is 10.8. The highest BCUT2D eigenvalue weighted by Gasteiger charge is 2.30. The van der Waals surface area contributed by atoms with Crippen LogP contribution in [0.1, 0.15) is 30.1 Å². The van der Waals surface area contributed by atoms with Crippen LogP contribution >= 0.6 is 0 Å². The van der Waals surface area contributed by atoms with E-state index in [0.717, 1.165) is 43.7 Å². The van der Waals surface area contributed by atoms with Crippen LogP contribution in [-0.2, 0) is 6.54 Å². The standard InChI is InChI=1S/C24H29N5O3/c1-31-22-8-7-17(13-23(22)32-2)21(30)15-28-11-9-19(10-12-28)29-14-18-5-3-4-6-20(18)27-24(29)26-16-25/h3-8,13,19,21,30H,9-12,14-15H2,1-2H3,(H,26,27). The van der Waals surface area contributed by atoms with Gasteiger partial charge in [-0.3, -0.25) is 5.32 Å². The van der Waals surface area contributed by atoms with Gasteiger partial charge in [-0.15, -0.1) is 0 Å². The van der Waals surface area contributed by atoms with E-state index < -0.39 is 6.10 Å². The maximum Gasteiger partial charge on any atom is 0.213 e. The molecule has 0 aromatic heterocycles. The third-order valence-corrected chi connectivity index (χ3v) is 6.22. The van der Waals surface area contributed by atoms with Gasteiger partial charge in [-0.2, -0.15) is 5.26 Å². The summed E-state index contributed by atoms with van der Waals surface area (Å²) in [5, 5.41) is 22.7. The smallest absolute Gasteiger partial charge is 0.213 e. The molecule has 2 heterocycles. The summed E-state index contributed by atoms with van der Waals surface area (Å²) in [5.74, 6) is 1.88. The molecule has 8 heteroatoms. The van der Waals surface area contributed by atoms with E-state index in [9.17, 15) is 10.4 Å². The van der Waals surface area contributed by atoms with E-state index in [1.165, 1.54) is 5.56 Å². The van der Waals surface area contributed by atoms with E-state index in [4.69, 9.17) is 9.47 Å². The largest absolute Gasteiger partial charge is 0.493 e. The van der Waals surface area contributed by atoms with Gasteiger partial charge in [0.05, 0.1) is 26.0 Å². The molecule has 2 aliphatic heterocycles. The fraction of sp³-hybridized carbons (Fsp3) is 0.417. The van der Waals surface area contributed by atoms with Crippen LogP contribution in [0, 0.1) is 11.5 Å². The van der Waals surface area contributed by atoms with Gasteiger partial charge in [-0.1, -0.05) is 24.3 Å². The molecule has 2 N–H and O–H groups in total. The van der Waals surface area contributed by atoms with Crippen LogP contribution < -0.4 is 14.8 Å². The van der Waals surface area contributed by atoms with E-state index in [1.807, 2.05) is 42.6 Å². The number of ether oxygens (including phenoxy) is 2. The average molecular weight is 436 g/mol. The monoisotopic (exact) mass is 435 g/mol. The fourth-order valence-corrected chi connectivity index (χ4v) is 4.47. The highest BCUT2D eigenvalue weighted by atomic mass is 16.5. The number of para-hydroxylation sites is 1. The van der Waals surface area contributed by atoms with Gasteiger partial charge in [0.25, 0.3) is 0 Å². The number of hydrogen-bond donors (Lipinski definition) is 2. The summed E-state index contributed by atoms with van der Waals surface area (Å²) < 4.78 is 10.6. The zero-order valence-electron chi connectivity index (χ0n) is 18.5. The Morgan fingerprint density at radius 1 is 1.16 bits per heavy atom. The minimum Gasteiger partial charge on any atom is -0.493 e. The summed E-state index contributed by atoms with van der Waals surface area (Å²) in [6.07, 6.45) is 3.29. The number of hydrogen-bond acceptors (Lipinski definition) is 8. The van der Waals surface area contributed by atoms with Crippen molar-refractivity contribution in [3.8, 4) is 17.7 Å². The molecule has 0 spiro atoms. The number of fused-ring (bicyclic) bond motifs is 1. The van der Waals surface area contributed by atoms with Gasteiger partial charge in [0.15, 0.2) is 17.7 Å². The third kappa shape index (κ3) is 4.64. The van der Waals surface area contributed by atoms with Gasteiger partial charge >= 0.3 is 0 Å². The molecule has 1 fully saturated rings. The first kappa shape index (κ1) is 21.9. The topological polar surface area (TPSA) is 93.4 Å². The first-order valence-corrected chi connectivity index (χ1v) is 10.8. The zero-order chi connectivity index (χ0) is 22.5. The van der Waals surface area contributed by atoms with Crippen LogP contribution in [0.3, 0.4) is 0 Å². The number of nitrogens with zero attached hydrogens (tertiary/aromatic N) is 4. The van der Waals surface area contributed by atoms with E-state index in [0.29, 0.717) is 24.0 Å². The van der Waals surface area contributed by atoms with Gasteiger partial charge in [0.1, 0.15) is 0 Å². The lowest BCUT2D eigenvalue weighted by molar-refractivity contribution is 0.0806. The Bertz CT molecular complexity index is 1010. The molecule has 2 aromatic rings. The van der Waals surface area contributed by atoms with Crippen LogP contribution in [0.15, 0.2) is 47.5 Å². The van der Waals surface area contributed by atoms with Crippen molar-refractivity contribution < 1.29 is 14.6 Å². The molecule has 32 heavy (non-hydrogen) atoms. The van der Waals surface area contributed by atoms with Gasteiger partial charge in [-0.25, -0.2) is 4.99 Å². The molecule has 2 aliphatic rings. The highest BCUT2D eigenvalue weighted by Crippen LogP contribution is 2.32. The first-order chi connectivity index (χ1) is 15.6. The van der Waals surface area contributed by atoms with Crippen molar-refractivity contribution >= 4 is 11.6 Å². The Labute approximate surface area is 188 Å². The van der Waals surface area contributed by atoms with Crippen LogP contribution in [0.5, 0.6) is 11.5 Å². The maximum absolute atomic E-state index is 10.8. The summed E-state index contributed by atoms with van der Waals surface area (Å²) >= 11 is 0. The molecule has 0 saturated carbocycles. The van der Waals surface area contributed by atoms with Crippen LogP contribution in [0.25, 0.3) is 0 Å². The second-order valence-electron chi connectivity index (χ2n) is 8.09. The van der Waals surface area contributed by atoms with Gasteiger partial charge < -0.3 is 24.4 Å². The van der Waals surface area contributed by atoms with Crippen molar-refractivity contribution in [2.45, 2.75) is 31.5 Å². The molecular weight excluding hydrogens is 406 g/mol. The van der Waals surface area contributed by atoms with Crippen molar-refractivity contribution in [3.05, 3.63) is 53.6 Å². The Balaban J connectivity index is 1.37. The minimum atomic E-state index is -0.606. The molecule has 1 unspecified atom stereocenters. The summed E-state index contributed by atoms with van der Waals surface area (Å²) in [5.41, 5.74) is 2.89. The zero-order valence-corrected chi connectivity index (χ0v) is 18.5. The predicted molar refractivity (Wildman–Crippen MR) is 122 cm³/mol. The van der Waals surface area contributed by atoms with Crippen LogP contribution in [0.4, 0.5) is 5.69 Å². The van der Waals surface area contributed by atoms with Crippen molar-refractivity contribution in [3.63, 3.8) is 0 Å². The number of aliphatic imine (C=N–C) groups is 1. The minimum absolute atomic E-state index is 0.289. The quantitative estimate of drug-likeness (QED) is 0.532. The Hall–Kier alpha value is -3.28. The van der Waals surface area contributed by atoms with Crippen LogP contribution in [0.2, 0.25) is 0 Å². The molecule has 0 aliphatic carbocycles. The number of benzene rings is 2. The van der Waals surface area contributed by atoms with Gasteiger partial charge in [0.2, 0.25) is 5.96 Å². The fourth-order valence-electron chi connectivity index (χ4n) is 4.47. The molecule has 0 radical (unpaired) electrons. The van der Waals surface area contributed by atoms with Crippen molar-refractivity contribution in [1.29, 1.82) is 5.26 Å². The Morgan fingerprint density at radius 3 is 2.62 bits per heavy atom. The normalized spacial score (nSPS) is 17.7. The molecule has 1 saturated heterocycles. The second kappa shape index (κ2) is 9.90. The van der Waals surface area contributed by atoms with Crippen molar-refractivity contribution in [2.75, 3.05) is 33.9 Å². The van der Waals surface area contributed by atoms with Crippen molar-refractivity contribution in [1.82, 2.24) is 15.1 Å². The number of aliphatic hydroxyl groups is 1. The first-order valence-electron chi connectivity index (χ1n) is 10.8. The van der Waals surface area contributed by atoms with E-state index in [1.54, 1.807) is 14.2 Å². The number of likely N-dealkylation sites (tertiary alicyclic amines) is 1. The van der Waals surface area contributed by atoms with Crippen molar-refractivity contribution in [2.24, 2.45) is 4.99 Å². The molecule has 8 nitrogen and oxygen atoms in total. The summed E-state index contributed by atoms with van der Waals surface area (Å²) in [7, 11) is 3.19. The lowest BCUT2D eigenvalue weighted by Crippen LogP contribution is -2.51. The Kier molecular flexibility index (Phi) is 6.78. The third-order valence-electron chi connectivity index (χ3n) is 6.22. The molecule has 2 aromatic carbocycles. The number of aliphatic hydroxyl groups excluding tert-OH is 1. The number of piperidine rings is 1. The lowest BCUT2D eigenvalue weighted by atomic mass is 10.00. The molecule has 4 rings (SSSR count). The van der Waals surface area contributed by atoms with E-state index in [2.05, 4.69) is 26.2 Å². The number of guanidine groups is 1. The number of nitriles is 1. The number of β-amino-alcohol motifs (C(OH)–C–C–N with tert-alkyl or cyclic N) is 1. The predicted octanol–water partition coefficient (Wildman–Crippen LogP) is 2.78. The number of nitrogens with one attached hydrogen (secondary N) is 1. The summed E-state index contributed by atoms with van der Waals surface area (Å²) in [6, 6.07) is 13.9. The van der Waals surface area contributed by atoms with Gasteiger partial charge in [0, 0.05) is 32.2 Å². The van der Waals surface area contributed by atoms with Crippen LogP contribution in [-0.4, -0.2) is 60.8 Å². The molecule has 0 bridgehead atoms. The molecule has 0 amide bonds. The molecular formula is C24H29N5O3. The van der Waals surface area contributed by atoms with Gasteiger partial charge in [-0.05, 0) is 42.2 Å². The Morgan fingerprint density at radius 2 is 1.91 bits per heavy atom. The number of methoxy groups -OCH3 is 2. The highest BCUT2D eigenvalue weighted by molar-refractivity contribution is 5.86. The second-order valence-corrected chi connectivity index (χ2v) is 8.09. The molecule has 1 atom stereocenters. The van der Waals surface area contributed by atoms with E-state index >= 15 is 0 Å². The number of rotatable bonds is 6. The average Bonchev–Trinajstić information content (AvgIpc) is 2.84.